The number of alkyl halides is 6. The summed E-state index contributed by atoms with van der Waals surface area (Å²) in [6, 6.07) is 10.9. The van der Waals surface area contributed by atoms with Gasteiger partial charge in [0.1, 0.15) is 5.82 Å². The second-order valence-electron chi connectivity index (χ2n) is 9.54. The Balaban J connectivity index is 1.34. The maximum absolute atomic E-state index is 13.2. The zero-order valence-electron chi connectivity index (χ0n) is 21.2. The number of H-pyrrole nitrogens is 1. The van der Waals surface area contributed by atoms with E-state index in [0.29, 0.717) is 12.1 Å². The molecule has 39 heavy (non-hydrogen) atoms. The van der Waals surface area contributed by atoms with Crippen LogP contribution in [0, 0.1) is 0 Å². The van der Waals surface area contributed by atoms with Crippen LogP contribution in [0.4, 0.5) is 26.3 Å². The van der Waals surface area contributed by atoms with Gasteiger partial charge in [-0.05, 0) is 59.1 Å². The molecule has 0 radical (unpaired) electrons. The minimum absolute atomic E-state index is 0.126. The van der Waals surface area contributed by atoms with Crippen LogP contribution in [0.3, 0.4) is 0 Å². The monoisotopic (exact) mass is 556 g/mol. The molecule has 1 N–H and O–H groups in total. The van der Waals surface area contributed by atoms with Crippen molar-refractivity contribution in [3.8, 4) is 0 Å². The largest absolute Gasteiger partial charge is 0.416 e. The first kappa shape index (κ1) is 29.0. The molecular formula is C26H30F6N6O. The van der Waals surface area contributed by atoms with Gasteiger partial charge in [-0.15, -0.1) is 5.10 Å². The van der Waals surface area contributed by atoms with Crippen molar-refractivity contribution in [1.29, 1.82) is 0 Å². The zero-order chi connectivity index (χ0) is 27.9. The SMILES string of the molecule is FC(F)(F)c1cc(COC[C@H](c2ccccc2)N2CCN(CCCCc3nnn[nH]3)CC2)cc(C(F)(F)F)c1. The predicted molar refractivity (Wildman–Crippen MR) is 130 cm³/mol. The molecule has 3 aromatic rings. The molecule has 0 unspecified atom stereocenters. The average Bonchev–Trinajstić information content (AvgIpc) is 3.43. The van der Waals surface area contributed by atoms with Crippen molar-refractivity contribution in [3.63, 3.8) is 0 Å². The summed E-state index contributed by atoms with van der Waals surface area (Å²) in [6.45, 7) is 3.92. The van der Waals surface area contributed by atoms with Crippen molar-refractivity contribution >= 4 is 0 Å². The van der Waals surface area contributed by atoms with Crippen LogP contribution < -0.4 is 0 Å². The highest BCUT2D eigenvalue weighted by Crippen LogP contribution is 2.36. The topological polar surface area (TPSA) is 70.2 Å². The number of rotatable bonds is 11. The molecule has 4 rings (SSSR count). The Morgan fingerprint density at radius 2 is 1.54 bits per heavy atom. The van der Waals surface area contributed by atoms with E-state index in [1.54, 1.807) is 0 Å². The molecule has 0 bridgehead atoms. The summed E-state index contributed by atoms with van der Waals surface area (Å²) in [7, 11) is 0. The van der Waals surface area contributed by atoms with Gasteiger partial charge in [-0.1, -0.05) is 30.3 Å². The van der Waals surface area contributed by atoms with Crippen LogP contribution in [0.15, 0.2) is 48.5 Å². The van der Waals surface area contributed by atoms with E-state index in [2.05, 4.69) is 30.4 Å². The molecule has 1 aliphatic rings. The second kappa shape index (κ2) is 12.9. The Morgan fingerprint density at radius 3 is 2.13 bits per heavy atom. The van der Waals surface area contributed by atoms with Gasteiger partial charge in [0.15, 0.2) is 0 Å². The van der Waals surface area contributed by atoms with Crippen molar-refractivity contribution in [1.82, 2.24) is 30.4 Å². The van der Waals surface area contributed by atoms with Crippen LogP contribution in [-0.2, 0) is 30.1 Å². The highest BCUT2D eigenvalue weighted by Gasteiger charge is 2.37. The van der Waals surface area contributed by atoms with Gasteiger partial charge in [-0.2, -0.15) is 26.3 Å². The van der Waals surface area contributed by atoms with Crippen LogP contribution >= 0.6 is 0 Å². The van der Waals surface area contributed by atoms with Gasteiger partial charge in [0.2, 0.25) is 0 Å². The van der Waals surface area contributed by atoms with Gasteiger partial charge < -0.3 is 9.64 Å². The third-order valence-electron chi connectivity index (χ3n) is 6.75. The van der Waals surface area contributed by atoms with Gasteiger partial charge in [0, 0.05) is 32.6 Å². The predicted octanol–water partition coefficient (Wildman–Crippen LogP) is 5.14. The number of halogens is 6. The Labute approximate surface area is 222 Å². The molecule has 212 valence electrons. The number of piperazine rings is 1. The van der Waals surface area contributed by atoms with E-state index in [1.807, 2.05) is 30.3 Å². The van der Waals surface area contributed by atoms with Crippen molar-refractivity contribution in [2.75, 3.05) is 39.3 Å². The lowest BCUT2D eigenvalue weighted by molar-refractivity contribution is -0.143. The molecule has 1 aromatic heterocycles. The number of nitrogens with zero attached hydrogens (tertiary/aromatic N) is 5. The lowest BCUT2D eigenvalue weighted by Crippen LogP contribution is -2.48. The van der Waals surface area contributed by atoms with Gasteiger partial charge in [-0.3, -0.25) is 4.90 Å². The minimum Gasteiger partial charge on any atom is -0.375 e. The Bertz CT molecular complexity index is 1120. The molecule has 7 nitrogen and oxygen atoms in total. The van der Waals surface area contributed by atoms with Crippen LogP contribution in [0.1, 0.15) is 47.0 Å². The number of nitrogens with one attached hydrogen (secondary N) is 1. The zero-order valence-corrected chi connectivity index (χ0v) is 21.2. The fourth-order valence-electron chi connectivity index (χ4n) is 4.69. The summed E-state index contributed by atoms with van der Waals surface area (Å²) in [5.41, 5.74) is -1.88. The second-order valence-corrected chi connectivity index (χ2v) is 9.54. The lowest BCUT2D eigenvalue weighted by Gasteiger charge is -2.39. The number of ether oxygens (including phenoxy) is 1. The first-order valence-electron chi connectivity index (χ1n) is 12.7. The third-order valence-corrected chi connectivity index (χ3v) is 6.75. The Morgan fingerprint density at radius 1 is 0.872 bits per heavy atom. The molecule has 0 spiro atoms. The first-order chi connectivity index (χ1) is 18.6. The summed E-state index contributed by atoms with van der Waals surface area (Å²) in [5, 5.41) is 13.8. The van der Waals surface area contributed by atoms with Gasteiger partial charge in [-0.25, -0.2) is 5.10 Å². The Hall–Kier alpha value is -3.03. The van der Waals surface area contributed by atoms with Gasteiger partial charge in [0.05, 0.1) is 30.4 Å². The van der Waals surface area contributed by atoms with E-state index in [0.717, 1.165) is 63.4 Å². The van der Waals surface area contributed by atoms with E-state index in [-0.39, 0.29) is 30.9 Å². The standard InChI is InChI=1S/C26H30F6N6O/c27-25(28,29)21-14-19(15-22(16-21)26(30,31)32)17-39-18-23(20-6-2-1-3-7-20)38-12-10-37(11-13-38)9-5-4-8-24-33-35-36-34-24/h1-3,6-7,14-16,23H,4-5,8-13,17-18H2,(H,33,34,35,36)/t23-/m1/s1. The number of tetrazole rings is 1. The molecule has 0 aliphatic carbocycles. The van der Waals surface area contributed by atoms with Crippen molar-refractivity contribution in [2.24, 2.45) is 0 Å². The molecule has 1 aliphatic heterocycles. The number of hydrogen-bond donors (Lipinski definition) is 1. The summed E-state index contributed by atoms with van der Waals surface area (Å²) < 4.78 is 85.1. The van der Waals surface area contributed by atoms with Gasteiger partial charge in [0.25, 0.3) is 0 Å². The third kappa shape index (κ3) is 8.48. The number of aromatic nitrogens is 4. The number of aryl methyl sites for hydroxylation is 1. The summed E-state index contributed by atoms with van der Waals surface area (Å²) in [4.78, 5) is 4.62. The number of aromatic amines is 1. The molecule has 2 heterocycles. The highest BCUT2D eigenvalue weighted by molar-refractivity contribution is 5.33. The summed E-state index contributed by atoms with van der Waals surface area (Å²) in [5.74, 6) is 0.769. The number of unbranched alkanes of at least 4 members (excludes halogenated alkanes) is 1. The smallest absolute Gasteiger partial charge is 0.375 e. The quantitative estimate of drug-likeness (QED) is 0.261. The molecule has 1 saturated heterocycles. The van der Waals surface area contributed by atoms with Crippen LogP contribution in [0.2, 0.25) is 0 Å². The van der Waals surface area contributed by atoms with E-state index < -0.39 is 23.5 Å². The van der Waals surface area contributed by atoms with Crippen LogP contribution in [-0.4, -0.2) is 69.8 Å². The highest BCUT2D eigenvalue weighted by atomic mass is 19.4. The summed E-state index contributed by atoms with van der Waals surface area (Å²) >= 11 is 0. The summed E-state index contributed by atoms with van der Waals surface area (Å²) in [6.07, 6.45) is -7.03. The van der Waals surface area contributed by atoms with Crippen molar-refractivity contribution < 1.29 is 31.1 Å². The number of benzene rings is 2. The average molecular weight is 557 g/mol. The van der Waals surface area contributed by atoms with Crippen LogP contribution in [0.5, 0.6) is 0 Å². The minimum atomic E-state index is -4.89. The first-order valence-corrected chi connectivity index (χ1v) is 12.7. The molecule has 0 saturated carbocycles. The molecule has 1 atom stereocenters. The normalized spacial score (nSPS) is 16.5. The molecule has 13 heteroatoms. The van der Waals surface area contributed by atoms with Crippen molar-refractivity contribution in [2.45, 2.75) is 44.3 Å². The molecule has 2 aromatic carbocycles. The lowest BCUT2D eigenvalue weighted by atomic mass is 10.0. The van der Waals surface area contributed by atoms with Crippen molar-refractivity contribution in [3.05, 3.63) is 76.6 Å². The fraction of sp³-hybridized carbons (Fsp3) is 0.500. The Kier molecular flexibility index (Phi) is 9.57. The van der Waals surface area contributed by atoms with Gasteiger partial charge >= 0.3 is 12.4 Å². The van der Waals surface area contributed by atoms with E-state index in [1.165, 1.54) is 0 Å². The maximum Gasteiger partial charge on any atom is 0.416 e. The van der Waals surface area contributed by atoms with E-state index in [4.69, 9.17) is 4.74 Å². The van der Waals surface area contributed by atoms with E-state index in [9.17, 15) is 26.3 Å². The number of hydrogen-bond acceptors (Lipinski definition) is 6. The van der Waals surface area contributed by atoms with E-state index >= 15 is 0 Å². The fourth-order valence-corrected chi connectivity index (χ4v) is 4.69. The molecule has 0 amide bonds. The molecule has 1 fully saturated rings. The maximum atomic E-state index is 13.2. The molecular weight excluding hydrogens is 526 g/mol. The van der Waals surface area contributed by atoms with Crippen LogP contribution in [0.25, 0.3) is 0 Å².